The molecule has 1 amide bonds. The van der Waals surface area contributed by atoms with Crippen LogP contribution in [-0.4, -0.2) is 17.5 Å². The van der Waals surface area contributed by atoms with Gasteiger partial charge in [-0.25, -0.2) is 0 Å². The Morgan fingerprint density at radius 1 is 1.44 bits per heavy atom. The molecule has 0 spiro atoms. The third-order valence-corrected chi connectivity index (χ3v) is 6.35. The molecule has 2 aliphatic carbocycles. The van der Waals surface area contributed by atoms with Gasteiger partial charge in [-0.05, 0) is 49.4 Å². The van der Waals surface area contributed by atoms with E-state index in [1.165, 1.54) is 12.8 Å². The Morgan fingerprint density at radius 2 is 2.06 bits per heavy atom. The molecule has 3 heteroatoms. The highest BCUT2D eigenvalue weighted by Crippen LogP contribution is 2.65. The summed E-state index contributed by atoms with van der Waals surface area (Å²) in [6.45, 7) is 10.8. The second-order valence-corrected chi connectivity index (χ2v) is 7.41. The first-order valence-corrected chi connectivity index (χ1v) is 7.25. The second-order valence-electron chi connectivity index (χ2n) is 7.41. The lowest BCUT2D eigenvalue weighted by molar-refractivity contribution is -0.127. The summed E-state index contributed by atoms with van der Waals surface area (Å²) < 4.78 is 0. The molecule has 4 atom stereocenters. The lowest BCUT2D eigenvalue weighted by Gasteiger charge is -2.40. The molecule has 104 valence electrons. The number of rotatable bonds is 3. The van der Waals surface area contributed by atoms with Gasteiger partial charge in [0.05, 0.1) is 5.54 Å². The van der Waals surface area contributed by atoms with Gasteiger partial charge in [0.15, 0.2) is 0 Å². The van der Waals surface area contributed by atoms with Gasteiger partial charge in [-0.2, -0.15) is 0 Å². The minimum atomic E-state index is -0.734. The SMILES string of the molecule is CCC(C)(N)C(=O)NC1CC2CCC1(C)C2(C)C. The van der Waals surface area contributed by atoms with E-state index in [2.05, 4.69) is 26.1 Å². The smallest absolute Gasteiger partial charge is 0.240 e. The van der Waals surface area contributed by atoms with Crippen LogP contribution >= 0.6 is 0 Å². The molecule has 2 fully saturated rings. The summed E-state index contributed by atoms with van der Waals surface area (Å²) in [7, 11) is 0. The van der Waals surface area contributed by atoms with Gasteiger partial charge >= 0.3 is 0 Å². The van der Waals surface area contributed by atoms with Crippen molar-refractivity contribution in [3.63, 3.8) is 0 Å². The van der Waals surface area contributed by atoms with Gasteiger partial charge in [-0.3, -0.25) is 4.79 Å². The van der Waals surface area contributed by atoms with Crippen LogP contribution in [0.3, 0.4) is 0 Å². The van der Waals surface area contributed by atoms with E-state index in [-0.39, 0.29) is 11.3 Å². The topological polar surface area (TPSA) is 55.1 Å². The second kappa shape index (κ2) is 3.96. The lowest BCUT2D eigenvalue weighted by atomic mass is 9.69. The van der Waals surface area contributed by atoms with Crippen molar-refractivity contribution in [1.29, 1.82) is 0 Å². The minimum Gasteiger partial charge on any atom is -0.351 e. The number of nitrogens with one attached hydrogen (secondary N) is 1. The van der Waals surface area contributed by atoms with Crippen LogP contribution in [0.25, 0.3) is 0 Å². The normalized spacial score (nSPS) is 40.6. The zero-order valence-electron chi connectivity index (χ0n) is 12.5. The van der Waals surface area contributed by atoms with Crippen LogP contribution in [0.15, 0.2) is 0 Å². The van der Waals surface area contributed by atoms with Crippen molar-refractivity contribution in [2.45, 2.75) is 71.9 Å². The number of nitrogens with two attached hydrogens (primary N) is 1. The van der Waals surface area contributed by atoms with Crippen molar-refractivity contribution in [3.8, 4) is 0 Å². The predicted molar refractivity (Wildman–Crippen MR) is 74.0 cm³/mol. The monoisotopic (exact) mass is 252 g/mol. The summed E-state index contributed by atoms with van der Waals surface area (Å²) >= 11 is 0. The van der Waals surface area contributed by atoms with Crippen LogP contribution in [0, 0.1) is 16.7 Å². The van der Waals surface area contributed by atoms with Gasteiger partial charge in [-0.15, -0.1) is 0 Å². The van der Waals surface area contributed by atoms with Gasteiger partial charge in [0.25, 0.3) is 0 Å². The average molecular weight is 252 g/mol. The van der Waals surface area contributed by atoms with Crippen molar-refractivity contribution in [1.82, 2.24) is 5.32 Å². The predicted octanol–water partition coefficient (Wildman–Crippen LogP) is 2.44. The fraction of sp³-hybridized carbons (Fsp3) is 0.933. The van der Waals surface area contributed by atoms with E-state index in [1.807, 2.05) is 13.8 Å². The zero-order valence-corrected chi connectivity index (χ0v) is 12.5. The molecule has 0 aliphatic heterocycles. The first-order chi connectivity index (χ1) is 8.15. The maximum Gasteiger partial charge on any atom is 0.240 e. The lowest BCUT2D eigenvalue weighted by Crippen LogP contribution is -2.57. The maximum atomic E-state index is 12.2. The van der Waals surface area contributed by atoms with Crippen LogP contribution < -0.4 is 11.1 Å². The molecule has 0 aromatic rings. The molecule has 0 saturated heterocycles. The molecule has 2 saturated carbocycles. The Bertz CT molecular complexity index is 362. The number of carbonyl (C=O) groups is 1. The van der Waals surface area contributed by atoms with Crippen LogP contribution in [0.2, 0.25) is 0 Å². The minimum absolute atomic E-state index is 0.0135. The Kier molecular flexibility index (Phi) is 3.05. The Morgan fingerprint density at radius 3 is 2.44 bits per heavy atom. The van der Waals surface area contributed by atoms with Gasteiger partial charge in [0.1, 0.15) is 0 Å². The van der Waals surface area contributed by atoms with E-state index in [9.17, 15) is 4.79 Å². The fourth-order valence-corrected chi connectivity index (χ4v) is 3.91. The molecule has 0 aromatic heterocycles. The highest BCUT2D eigenvalue weighted by molar-refractivity contribution is 5.85. The van der Waals surface area contributed by atoms with E-state index in [0.717, 1.165) is 12.3 Å². The van der Waals surface area contributed by atoms with E-state index < -0.39 is 5.54 Å². The number of fused-ring (bicyclic) bond motifs is 2. The summed E-state index contributed by atoms with van der Waals surface area (Å²) in [6.07, 6.45) is 4.33. The van der Waals surface area contributed by atoms with Crippen LogP contribution in [0.4, 0.5) is 0 Å². The van der Waals surface area contributed by atoms with Crippen molar-refractivity contribution in [2.75, 3.05) is 0 Å². The van der Waals surface area contributed by atoms with Gasteiger partial charge < -0.3 is 11.1 Å². The van der Waals surface area contributed by atoms with Gasteiger partial charge in [0, 0.05) is 6.04 Å². The Hall–Kier alpha value is -0.570. The molecule has 0 radical (unpaired) electrons. The molecule has 2 rings (SSSR count). The summed E-state index contributed by atoms with van der Waals surface area (Å²) in [5.41, 5.74) is 5.87. The summed E-state index contributed by atoms with van der Waals surface area (Å²) in [6, 6.07) is 0.299. The third kappa shape index (κ3) is 1.70. The Balaban J connectivity index is 2.12. The van der Waals surface area contributed by atoms with Crippen molar-refractivity contribution < 1.29 is 4.79 Å². The van der Waals surface area contributed by atoms with E-state index >= 15 is 0 Å². The van der Waals surface area contributed by atoms with Crippen molar-refractivity contribution >= 4 is 5.91 Å². The van der Waals surface area contributed by atoms with E-state index in [1.54, 1.807) is 0 Å². The van der Waals surface area contributed by atoms with Crippen molar-refractivity contribution in [2.24, 2.45) is 22.5 Å². The summed E-state index contributed by atoms with van der Waals surface area (Å²) in [5, 5.41) is 3.23. The third-order valence-electron chi connectivity index (χ3n) is 6.35. The molecule has 2 bridgehead atoms. The molecule has 18 heavy (non-hydrogen) atoms. The first kappa shape index (κ1) is 13.9. The number of carbonyl (C=O) groups excluding carboxylic acids is 1. The number of hydrogen-bond donors (Lipinski definition) is 2. The standard InChI is InChI=1S/C15H28N2O/c1-6-15(5,16)12(18)17-11-9-10-7-8-14(11,4)13(10,2)3/h10-11H,6-9,16H2,1-5H3,(H,17,18). The maximum absolute atomic E-state index is 12.2. The van der Waals surface area contributed by atoms with E-state index in [0.29, 0.717) is 17.9 Å². The highest BCUT2D eigenvalue weighted by atomic mass is 16.2. The molecular formula is C15H28N2O. The molecule has 0 heterocycles. The zero-order chi connectivity index (χ0) is 13.8. The largest absolute Gasteiger partial charge is 0.351 e. The van der Waals surface area contributed by atoms with Gasteiger partial charge in [0.2, 0.25) is 5.91 Å². The van der Waals surface area contributed by atoms with Crippen LogP contribution in [-0.2, 0) is 4.79 Å². The molecule has 0 aromatic carbocycles. The van der Waals surface area contributed by atoms with Crippen molar-refractivity contribution in [3.05, 3.63) is 0 Å². The molecule has 3 nitrogen and oxygen atoms in total. The van der Waals surface area contributed by atoms with Crippen LogP contribution in [0.5, 0.6) is 0 Å². The quantitative estimate of drug-likeness (QED) is 0.810. The highest BCUT2D eigenvalue weighted by Gasteiger charge is 2.61. The fourth-order valence-electron chi connectivity index (χ4n) is 3.91. The Labute approximate surface area is 111 Å². The summed E-state index contributed by atoms with van der Waals surface area (Å²) in [5.74, 6) is 0.762. The number of amides is 1. The number of hydrogen-bond acceptors (Lipinski definition) is 2. The summed E-state index contributed by atoms with van der Waals surface area (Å²) in [4.78, 5) is 12.2. The molecule has 3 N–H and O–H groups in total. The molecule has 2 aliphatic rings. The van der Waals surface area contributed by atoms with Crippen LogP contribution in [0.1, 0.15) is 60.3 Å². The van der Waals surface area contributed by atoms with E-state index in [4.69, 9.17) is 5.73 Å². The first-order valence-electron chi connectivity index (χ1n) is 7.25. The average Bonchev–Trinajstić information content (AvgIpc) is 2.62. The van der Waals surface area contributed by atoms with Gasteiger partial charge in [-0.1, -0.05) is 27.7 Å². The molecular weight excluding hydrogens is 224 g/mol. The molecule has 4 unspecified atom stereocenters.